The van der Waals surface area contributed by atoms with E-state index in [0.29, 0.717) is 11.8 Å². The Kier molecular flexibility index (Phi) is 3.91. The topological polar surface area (TPSA) is 72.9 Å². The van der Waals surface area contributed by atoms with Crippen LogP contribution in [-0.4, -0.2) is 31.8 Å². The molecule has 0 N–H and O–H groups in total. The van der Waals surface area contributed by atoms with Gasteiger partial charge in [-0.05, 0) is 30.2 Å². The first-order chi connectivity index (χ1) is 12.6. The second kappa shape index (κ2) is 6.25. The largest absolute Gasteiger partial charge is 0.421 e. The molecule has 3 heterocycles. The van der Waals surface area contributed by atoms with Crippen molar-refractivity contribution in [2.24, 2.45) is 7.05 Å². The lowest BCUT2D eigenvalue weighted by Gasteiger charge is -2.22. The van der Waals surface area contributed by atoms with Gasteiger partial charge < -0.3 is 13.9 Å². The zero-order valence-electron chi connectivity index (χ0n) is 15.3. The molecule has 0 saturated carbocycles. The number of imidazole rings is 1. The van der Waals surface area contributed by atoms with Gasteiger partial charge in [0.2, 0.25) is 11.8 Å². The van der Waals surface area contributed by atoms with E-state index in [1.54, 1.807) is 13.3 Å². The number of benzene rings is 1. The summed E-state index contributed by atoms with van der Waals surface area (Å²) in [5, 5.41) is 8.02. The highest BCUT2D eigenvalue weighted by Gasteiger charge is 2.14. The molecule has 1 aromatic carbocycles. The Morgan fingerprint density at radius 3 is 2.73 bits per heavy atom. The molecular formula is C19H20N6O. The number of rotatable bonds is 4. The molecule has 0 saturated heterocycles. The molecule has 4 rings (SSSR count). The summed E-state index contributed by atoms with van der Waals surface area (Å²) in [7, 11) is 4.01. The first-order valence-corrected chi connectivity index (χ1v) is 8.51. The SMILES string of the molecule is CCc1cc(-c2nnc(C)o2)ccc1N(C)c1cc2c(cn1)ncn2C. The van der Waals surface area contributed by atoms with Crippen LogP contribution in [0.3, 0.4) is 0 Å². The van der Waals surface area contributed by atoms with Crippen molar-refractivity contribution in [1.82, 2.24) is 24.7 Å². The molecule has 0 spiro atoms. The van der Waals surface area contributed by atoms with Crippen LogP contribution in [0.1, 0.15) is 18.4 Å². The normalized spacial score (nSPS) is 11.2. The van der Waals surface area contributed by atoms with Gasteiger partial charge in [0.1, 0.15) is 11.3 Å². The standard InChI is InChI=1S/C19H20N6O/c1-5-13-8-14(19-23-22-12(2)26-19)6-7-16(13)25(4)18-9-17-15(10-20-18)21-11-24(17)3/h6-11H,5H2,1-4H3. The van der Waals surface area contributed by atoms with Gasteiger partial charge >= 0.3 is 0 Å². The molecule has 4 aromatic rings. The van der Waals surface area contributed by atoms with Crippen molar-refractivity contribution in [1.29, 1.82) is 0 Å². The van der Waals surface area contributed by atoms with Crippen LogP contribution < -0.4 is 4.90 Å². The summed E-state index contributed by atoms with van der Waals surface area (Å²) in [5.74, 6) is 1.98. The molecule has 0 atom stereocenters. The summed E-state index contributed by atoms with van der Waals surface area (Å²) < 4.78 is 7.54. The van der Waals surface area contributed by atoms with Crippen molar-refractivity contribution >= 4 is 22.5 Å². The van der Waals surface area contributed by atoms with Gasteiger partial charge in [-0.1, -0.05) is 6.92 Å². The van der Waals surface area contributed by atoms with E-state index in [1.807, 2.05) is 30.9 Å². The molecular weight excluding hydrogens is 328 g/mol. The first kappa shape index (κ1) is 16.3. The van der Waals surface area contributed by atoms with E-state index in [-0.39, 0.29) is 0 Å². The van der Waals surface area contributed by atoms with Crippen molar-refractivity contribution in [3.05, 3.63) is 48.2 Å². The van der Waals surface area contributed by atoms with Gasteiger partial charge in [-0.3, -0.25) is 0 Å². The lowest BCUT2D eigenvalue weighted by molar-refractivity contribution is 0.532. The molecule has 0 bridgehead atoms. The van der Waals surface area contributed by atoms with Gasteiger partial charge in [0, 0.05) is 38.3 Å². The molecule has 0 amide bonds. The smallest absolute Gasteiger partial charge is 0.247 e. The average Bonchev–Trinajstić information content (AvgIpc) is 3.26. The Morgan fingerprint density at radius 1 is 1.15 bits per heavy atom. The van der Waals surface area contributed by atoms with Gasteiger partial charge in [-0.25, -0.2) is 9.97 Å². The summed E-state index contributed by atoms with van der Waals surface area (Å²) in [6, 6.07) is 8.22. The zero-order valence-corrected chi connectivity index (χ0v) is 15.3. The van der Waals surface area contributed by atoms with E-state index in [0.717, 1.165) is 34.5 Å². The van der Waals surface area contributed by atoms with Crippen LogP contribution in [0.4, 0.5) is 11.5 Å². The number of nitrogens with zero attached hydrogens (tertiary/aromatic N) is 6. The fraction of sp³-hybridized carbons (Fsp3) is 0.263. The van der Waals surface area contributed by atoms with E-state index < -0.39 is 0 Å². The number of fused-ring (bicyclic) bond motifs is 1. The molecule has 7 nitrogen and oxygen atoms in total. The maximum absolute atomic E-state index is 5.55. The molecule has 0 radical (unpaired) electrons. The summed E-state index contributed by atoms with van der Waals surface area (Å²) in [6.07, 6.45) is 4.49. The van der Waals surface area contributed by atoms with Crippen LogP contribution in [0.15, 0.2) is 41.2 Å². The highest BCUT2D eigenvalue weighted by atomic mass is 16.4. The average molecular weight is 348 g/mol. The van der Waals surface area contributed by atoms with Crippen LogP contribution in [0.2, 0.25) is 0 Å². The molecule has 0 fully saturated rings. The van der Waals surface area contributed by atoms with Gasteiger partial charge in [0.25, 0.3) is 0 Å². The minimum Gasteiger partial charge on any atom is -0.421 e. The Hall–Kier alpha value is -3.22. The van der Waals surface area contributed by atoms with Gasteiger partial charge in [-0.2, -0.15) is 0 Å². The van der Waals surface area contributed by atoms with Crippen LogP contribution in [-0.2, 0) is 13.5 Å². The highest BCUT2D eigenvalue weighted by Crippen LogP contribution is 2.31. The van der Waals surface area contributed by atoms with Crippen molar-refractivity contribution in [3.63, 3.8) is 0 Å². The molecule has 26 heavy (non-hydrogen) atoms. The lowest BCUT2D eigenvalue weighted by atomic mass is 10.1. The third-order valence-corrected chi connectivity index (χ3v) is 4.54. The third-order valence-electron chi connectivity index (χ3n) is 4.54. The summed E-state index contributed by atoms with van der Waals surface area (Å²) in [5.41, 5.74) is 5.16. The maximum atomic E-state index is 5.55. The number of hydrogen-bond donors (Lipinski definition) is 0. The van der Waals surface area contributed by atoms with Gasteiger partial charge in [0.05, 0.1) is 18.0 Å². The Morgan fingerprint density at radius 2 is 2.00 bits per heavy atom. The van der Waals surface area contributed by atoms with E-state index in [9.17, 15) is 0 Å². The quantitative estimate of drug-likeness (QED) is 0.560. The lowest BCUT2D eigenvalue weighted by Crippen LogP contribution is -2.13. The second-order valence-electron chi connectivity index (χ2n) is 6.27. The Balaban J connectivity index is 1.74. The van der Waals surface area contributed by atoms with Crippen molar-refractivity contribution in [2.45, 2.75) is 20.3 Å². The second-order valence-corrected chi connectivity index (χ2v) is 6.27. The van der Waals surface area contributed by atoms with Crippen LogP contribution in [0, 0.1) is 6.92 Å². The van der Waals surface area contributed by atoms with E-state index in [2.05, 4.69) is 50.2 Å². The van der Waals surface area contributed by atoms with Crippen LogP contribution in [0.25, 0.3) is 22.5 Å². The fourth-order valence-corrected chi connectivity index (χ4v) is 3.07. The Labute approximate surface area is 151 Å². The molecule has 0 aliphatic carbocycles. The highest BCUT2D eigenvalue weighted by molar-refractivity contribution is 5.79. The summed E-state index contributed by atoms with van der Waals surface area (Å²) in [4.78, 5) is 11.0. The van der Waals surface area contributed by atoms with Crippen molar-refractivity contribution in [2.75, 3.05) is 11.9 Å². The van der Waals surface area contributed by atoms with E-state index in [4.69, 9.17) is 4.42 Å². The monoisotopic (exact) mass is 348 g/mol. The third kappa shape index (κ3) is 2.71. The number of aryl methyl sites for hydroxylation is 3. The first-order valence-electron chi connectivity index (χ1n) is 8.51. The minimum atomic E-state index is 0.542. The molecule has 132 valence electrons. The number of aromatic nitrogens is 5. The van der Waals surface area contributed by atoms with Gasteiger partial charge in [-0.15, -0.1) is 10.2 Å². The predicted octanol–water partition coefficient (Wildman–Crippen LogP) is 3.66. The number of pyridine rings is 1. The van der Waals surface area contributed by atoms with Crippen LogP contribution >= 0.6 is 0 Å². The molecule has 7 heteroatoms. The molecule has 0 aliphatic heterocycles. The molecule has 0 aliphatic rings. The van der Waals surface area contributed by atoms with Crippen LogP contribution in [0.5, 0.6) is 0 Å². The van der Waals surface area contributed by atoms with E-state index in [1.165, 1.54) is 5.56 Å². The van der Waals surface area contributed by atoms with Crippen molar-refractivity contribution < 1.29 is 4.42 Å². The summed E-state index contributed by atoms with van der Waals surface area (Å²) >= 11 is 0. The van der Waals surface area contributed by atoms with E-state index >= 15 is 0 Å². The molecule has 3 aromatic heterocycles. The predicted molar refractivity (Wildman–Crippen MR) is 100 cm³/mol. The Bertz CT molecular complexity index is 1080. The summed E-state index contributed by atoms with van der Waals surface area (Å²) in [6.45, 7) is 3.92. The van der Waals surface area contributed by atoms with Gasteiger partial charge in [0.15, 0.2) is 0 Å². The maximum Gasteiger partial charge on any atom is 0.247 e. The van der Waals surface area contributed by atoms with Crippen molar-refractivity contribution in [3.8, 4) is 11.5 Å². The minimum absolute atomic E-state index is 0.542. The molecule has 0 unspecified atom stereocenters. The fourth-order valence-electron chi connectivity index (χ4n) is 3.07. The number of anilines is 2. The number of hydrogen-bond acceptors (Lipinski definition) is 6. The zero-order chi connectivity index (χ0) is 18.3.